The first kappa shape index (κ1) is 33.7. The number of phenols is 1. The molecular weight excluding hydrogens is 604 g/mol. The standard InChI is InChI=1S/C40H46N2O6/c1-27(21-29-11-8-12-32(44)22-29)15-16-36(45)37-30(26-48-33-13-6-3-7-14-33)23-34-38(35(37)25-43)40(47)42(39(34)46)31-17-19-41(20-18-31)24-28-9-4-2-5-10-28/h2-14,21-22,31,34-36,38,43-45H,15-20,23-26H2,1H3/b27-21+/t34-,35+,36-,38-/m1/s1. The molecule has 8 heteroatoms. The van der Waals surface area contributed by atoms with Crippen LogP contribution in [0.4, 0.5) is 0 Å². The summed E-state index contributed by atoms with van der Waals surface area (Å²) in [6.45, 7) is 4.22. The molecule has 2 saturated heterocycles. The third-order valence-electron chi connectivity index (χ3n) is 10.2. The fourth-order valence-corrected chi connectivity index (χ4v) is 7.83. The highest BCUT2D eigenvalue weighted by molar-refractivity contribution is 6.06. The van der Waals surface area contributed by atoms with E-state index in [-0.39, 0.29) is 36.8 Å². The van der Waals surface area contributed by atoms with Gasteiger partial charge in [0.05, 0.1) is 24.5 Å². The largest absolute Gasteiger partial charge is 0.508 e. The third-order valence-corrected chi connectivity index (χ3v) is 10.2. The maximum absolute atomic E-state index is 14.2. The van der Waals surface area contributed by atoms with Crippen molar-refractivity contribution in [1.82, 2.24) is 9.80 Å². The average Bonchev–Trinajstić information content (AvgIpc) is 3.35. The number of aliphatic hydroxyl groups is 2. The molecule has 8 nitrogen and oxygen atoms in total. The quantitative estimate of drug-likeness (QED) is 0.173. The number of aliphatic hydroxyl groups excluding tert-OH is 2. The van der Waals surface area contributed by atoms with E-state index in [1.165, 1.54) is 10.5 Å². The molecule has 4 atom stereocenters. The number of carbonyl (C=O) groups excluding carboxylic acids is 2. The van der Waals surface area contributed by atoms with E-state index in [2.05, 4.69) is 17.0 Å². The van der Waals surface area contributed by atoms with Gasteiger partial charge < -0.3 is 20.1 Å². The Hall–Kier alpha value is -4.24. The smallest absolute Gasteiger partial charge is 0.234 e. The van der Waals surface area contributed by atoms with Crippen LogP contribution in [0.25, 0.3) is 6.08 Å². The Morgan fingerprint density at radius 1 is 0.958 bits per heavy atom. The van der Waals surface area contributed by atoms with Crippen LogP contribution in [-0.2, 0) is 16.1 Å². The molecule has 2 heterocycles. The second kappa shape index (κ2) is 15.3. The number of rotatable bonds is 12. The van der Waals surface area contributed by atoms with Crippen LogP contribution >= 0.6 is 0 Å². The first-order chi connectivity index (χ1) is 23.3. The van der Waals surface area contributed by atoms with Crippen LogP contribution in [-0.4, -0.2) is 75.4 Å². The lowest BCUT2D eigenvalue weighted by molar-refractivity contribution is -0.144. The highest BCUT2D eigenvalue weighted by Gasteiger charge is 2.56. The molecule has 0 unspecified atom stereocenters. The topological polar surface area (TPSA) is 111 Å². The van der Waals surface area contributed by atoms with E-state index in [0.717, 1.165) is 36.3 Å². The lowest BCUT2D eigenvalue weighted by Gasteiger charge is -2.37. The van der Waals surface area contributed by atoms with Gasteiger partial charge in [0.1, 0.15) is 18.1 Å². The second-order valence-electron chi connectivity index (χ2n) is 13.5. The third kappa shape index (κ3) is 7.57. The molecule has 3 aliphatic rings. The summed E-state index contributed by atoms with van der Waals surface area (Å²) in [7, 11) is 0. The van der Waals surface area contributed by atoms with Gasteiger partial charge in [0.15, 0.2) is 0 Å². The van der Waals surface area contributed by atoms with Crippen molar-refractivity contribution in [2.45, 2.75) is 57.7 Å². The fourth-order valence-electron chi connectivity index (χ4n) is 7.83. The number of hydrogen-bond donors (Lipinski definition) is 3. The van der Waals surface area contributed by atoms with Crippen molar-refractivity contribution in [1.29, 1.82) is 0 Å². The summed E-state index contributed by atoms with van der Waals surface area (Å²) < 4.78 is 6.15. The van der Waals surface area contributed by atoms with Crippen molar-refractivity contribution in [3.63, 3.8) is 0 Å². The molecule has 0 bridgehead atoms. The molecular formula is C40H46N2O6. The minimum atomic E-state index is -0.928. The van der Waals surface area contributed by atoms with E-state index in [0.29, 0.717) is 43.4 Å². The summed E-state index contributed by atoms with van der Waals surface area (Å²) in [4.78, 5) is 32.1. The SMILES string of the molecule is C/C(=C\c1cccc(O)c1)CC[C@@H](O)C1=C(COc2ccccc2)C[C@H]2C(=O)N(C3CCN(Cc4ccccc4)CC3)C(=O)[C@H]2[C@H]1CO. The highest BCUT2D eigenvalue weighted by atomic mass is 16.5. The molecule has 0 radical (unpaired) electrons. The van der Waals surface area contributed by atoms with Crippen molar-refractivity contribution in [2.24, 2.45) is 17.8 Å². The van der Waals surface area contributed by atoms with Crippen LogP contribution in [0.15, 0.2) is 102 Å². The fraction of sp³-hybridized carbons (Fsp3) is 0.400. The van der Waals surface area contributed by atoms with Gasteiger partial charge in [-0.1, -0.05) is 72.3 Å². The predicted octanol–water partition coefficient (Wildman–Crippen LogP) is 5.59. The minimum Gasteiger partial charge on any atom is -0.508 e. The monoisotopic (exact) mass is 650 g/mol. The Kier molecular flexibility index (Phi) is 10.7. The molecule has 48 heavy (non-hydrogen) atoms. The van der Waals surface area contributed by atoms with Gasteiger partial charge in [-0.15, -0.1) is 0 Å². The molecule has 2 fully saturated rings. The predicted molar refractivity (Wildman–Crippen MR) is 185 cm³/mol. The first-order valence-corrected chi connectivity index (χ1v) is 17.1. The zero-order chi connectivity index (χ0) is 33.6. The van der Waals surface area contributed by atoms with Gasteiger partial charge in [-0.25, -0.2) is 0 Å². The van der Waals surface area contributed by atoms with E-state index in [1.807, 2.05) is 67.6 Å². The number of piperidine rings is 1. The summed E-state index contributed by atoms with van der Waals surface area (Å²) in [6, 6.07) is 26.5. The second-order valence-corrected chi connectivity index (χ2v) is 13.5. The molecule has 1 aliphatic carbocycles. The Morgan fingerprint density at radius 3 is 2.35 bits per heavy atom. The van der Waals surface area contributed by atoms with E-state index in [1.54, 1.807) is 18.2 Å². The summed E-state index contributed by atoms with van der Waals surface area (Å²) >= 11 is 0. The van der Waals surface area contributed by atoms with Crippen molar-refractivity contribution < 1.29 is 29.6 Å². The number of fused-ring (bicyclic) bond motifs is 1. The maximum atomic E-state index is 14.2. The number of allylic oxidation sites excluding steroid dienone is 1. The minimum absolute atomic E-state index is 0.160. The molecule has 3 aromatic carbocycles. The number of ether oxygens (including phenoxy) is 1. The average molecular weight is 651 g/mol. The Labute approximate surface area is 283 Å². The Balaban J connectivity index is 1.20. The van der Waals surface area contributed by atoms with Crippen LogP contribution in [0.2, 0.25) is 0 Å². The molecule has 0 aromatic heterocycles. The van der Waals surface area contributed by atoms with Crippen LogP contribution in [0.1, 0.15) is 50.2 Å². The molecule has 252 valence electrons. The lowest BCUT2D eigenvalue weighted by Crippen LogP contribution is -2.47. The molecule has 6 rings (SSSR count). The number of benzene rings is 3. The van der Waals surface area contributed by atoms with Gasteiger partial charge >= 0.3 is 0 Å². The summed E-state index contributed by atoms with van der Waals surface area (Å²) in [5.41, 5.74) is 4.54. The van der Waals surface area contributed by atoms with Crippen molar-refractivity contribution in [3.8, 4) is 11.5 Å². The van der Waals surface area contributed by atoms with Gasteiger partial charge in [-0.2, -0.15) is 0 Å². The number of para-hydroxylation sites is 1. The van der Waals surface area contributed by atoms with Crippen LogP contribution in [0, 0.1) is 17.8 Å². The van der Waals surface area contributed by atoms with Crippen LogP contribution < -0.4 is 4.74 Å². The molecule has 3 aromatic rings. The van der Waals surface area contributed by atoms with E-state index in [4.69, 9.17) is 4.74 Å². The van der Waals surface area contributed by atoms with Crippen molar-refractivity contribution in [2.75, 3.05) is 26.3 Å². The normalized spacial score (nSPS) is 23.0. The first-order valence-electron chi connectivity index (χ1n) is 17.1. The summed E-state index contributed by atoms with van der Waals surface area (Å²) in [6.07, 6.45) is 3.74. The Morgan fingerprint density at radius 2 is 1.67 bits per heavy atom. The summed E-state index contributed by atoms with van der Waals surface area (Å²) in [5.74, 6) is -1.51. The zero-order valence-corrected chi connectivity index (χ0v) is 27.6. The van der Waals surface area contributed by atoms with Crippen molar-refractivity contribution >= 4 is 17.9 Å². The number of aromatic hydroxyl groups is 1. The number of likely N-dealkylation sites (tertiary alicyclic amines) is 2. The zero-order valence-electron chi connectivity index (χ0n) is 27.6. The van der Waals surface area contributed by atoms with Gasteiger partial charge in [-0.3, -0.25) is 19.4 Å². The molecule has 0 spiro atoms. The van der Waals surface area contributed by atoms with Crippen molar-refractivity contribution in [3.05, 3.63) is 113 Å². The number of nitrogens with zero attached hydrogens (tertiary/aromatic N) is 2. The van der Waals surface area contributed by atoms with Gasteiger partial charge in [-0.05, 0) is 85.6 Å². The number of amides is 2. The van der Waals surface area contributed by atoms with Gasteiger partial charge in [0.25, 0.3) is 0 Å². The Bertz CT molecular complexity index is 1630. The molecule has 2 amide bonds. The van der Waals surface area contributed by atoms with E-state index >= 15 is 0 Å². The number of phenolic OH excluding ortho intramolecular Hbond substituents is 1. The van der Waals surface area contributed by atoms with Crippen LogP contribution in [0.5, 0.6) is 11.5 Å². The van der Waals surface area contributed by atoms with Gasteiger partial charge in [0, 0.05) is 31.6 Å². The maximum Gasteiger partial charge on any atom is 0.234 e. The number of imide groups is 1. The number of hydrogen-bond acceptors (Lipinski definition) is 7. The number of carbonyl (C=O) groups is 2. The highest BCUT2D eigenvalue weighted by Crippen LogP contribution is 2.47. The summed E-state index contributed by atoms with van der Waals surface area (Å²) in [5, 5.41) is 32.4. The van der Waals surface area contributed by atoms with Crippen LogP contribution in [0.3, 0.4) is 0 Å². The van der Waals surface area contributed by atoms with Gasteiger partial charge in [0.2, 0.25) is 11.8 Å². The van der Waals surface area contributed by atoms with E-state index < -0.39 is 23.9 Å². The van der Waals surface area contributed by atoms with E-state index in [9.17, 15) is 24.9 Å². The lowest BCUT2D eigenvalue weighted by atomic mass is 9.68. The molecule has 0 saturated carbocycles. The molecule has 3 N–H and O–H groups in total. The molecule has 2 aliphatic heterocycles.